The number of benzene rings is 4. The molecule has 4 rings (SSSR count). The number of nitrogens with one attached hydrogen (secondary N) is 1. The highest BCUT2D eigenvalue weighted by Gasteiger charge is 2.35. The fourth-order valence-corrected chi connectivity index (χ4v) is 6.64. The molecule has 0 unspecified atom stereocenters. The number of nitrogens with zero attached hydrogens (tertiary/aromatic N) is 2. The highest BCUT2D eigenvalue weighted by atomic mass is 35.5. The van der Waals surface area contributed by atoms with E-state index in [4.69, 9.17) is 23.2 Å². The summed E-state index contributed by atoms with van der Waals surface area (Å²) >= 11 is 12.8. The minimum absolute atomic E-state index is 0.0148. The van der Waals surface area contributed by atoms with Crippen molar-refractivity contribution in [3.05, 3.63) is 130 Å². The second kappa shape index (κ2) is 15.4. The highest BCUT2D eigenvalue weighted by Crippen LogP contribution is 2.35. The fraction of sp³-hybridized carbons (Fsp3) is 0.235. The van der Waals surface area contributed by atoms with E-state index in [-0.39, 0.29) is 39.2 Å². The van der Waals surface area contributed by atoms with Crippen LogP contribution in [0.4, 0.5) is 10.1 Å². The van der Waals surface area contributed by atoms with Crippen LogP contribution in [0.2, 0.25) is 10.0 Å². The monoisotopic (exact) mass is 669 g/mol. The van der Waals surface area contributed by atoms with Crippen LogP contribution in [0.5, 0.6) is 0 Å². The lowest BCUT2D eigenvalue weighted by atomic mass is 10.0. The first-order valence-corrected chi connectivity index (χ1v) is 16.6. The van der Waals surface area contributed by atoms with Crippen LogP contribution in [0.25, 0.3) is 0 Å². The molecule has 0 aliphatic carbocycles. The Labute approximate surface area is 273 Å². The molecule has 0 saturated heterocycles. The number of amides is 2. The van der Waals surface area contributed by atoms with Crippen molar-refractivity contribution in [2.24, 2.45) is 0 Å². The molecule has 2 amide bonds. The molecule has 1 atom stereocenters. The Balaban J connectivity index is 1.83. The topological polar surface area (TPSA) is 86.8 Å². The van der Waals surface area contributed by atoms with Gasteiger partial charge in [-0.25, -0.2) is 12.8 Å². The van der Waals surface area contributed by atoms with Gasteiger partial charge in [-0.2, -0.15) is 0 Å². The van der Waals surface area contributed by atoms with Crippen LogP contribution in [-0.2, 0) is 32.6 Å². The molecular formula is C34H34Cl2FN3O4S. The maximum absolute atomic E-state index is 15.0. The van der Waals surface area contributed by atoms with Crippen LogP contribution in [0.3, 0.4) is 0 Å². The quantitative estimate of drug-likeness (QED) is 0.170. The van der Waals surface area contributed by atoms with E-state index >= 15 is 0 Å². The maximum atomic E-state index is 15.0. The smallest absolute Gasteiger partial charge is 0.264 e. The highest BCUT2D eigenvalue weighted by molar-refractivity contribution is 7.92. The fourth-order valence-electron chi connectivity index (χ4n) is 4.77. The number of sulfonamides is 1. The molecule has 45 heavy (non-hydrogen) atoms. The van der Waals surface area contributed by atoms with Crippen LogP contribution in [0.15, 0.2) is 102 Å². The lowest BCUT2D eigenvalue weighted by Crippen LogP contribution is -2.53. The van der Waals surface area contributed by atoms with Gasteiger partial charge in [0.15, 0.2) is 0 Å². The van der Waals surface area contributed by atoms with Crippen molar-refractivity contribution in [2.45, 2.75) is 44.2 Å². The third-order valence-corrected chi connectivity index (χ3v) is 9.79. The van der Waals surface area contributed by atoms with E-state index in [9.17, 15) is 22.4 Å². The summed E-state index contributed by atoms with van der Waals surface area (Å²) in [5.41, 5.74) is 1.76. The lowest BCUT2D eigenvalue weighted by Gasteiger charge is -2.34. The molecule has 236 valence electrons. The SMILES string of the molecule is CCCNC(=O)[C@H](Cc1ccccc1)N(Cc1ccccc1F)C(=O)CN(c1cccc(Cl)c1Cl)S(=O)(=O)c1ccc(C)cc1. The molecule has 7 nitrogen and oxygen atoms in total. The molecule has 0 heterocycles. The van der Waals surface area contributed by atoms with Gasteiger partial charge in [-0.1, -0.05) is 102 Å². The molecule has 0 saturated carbocycles. The molecule has 0 aromatic heterocycles. The minimum Gasteiger partial charge on any atom is -0.354 e. The van der Waals surface area contributed by atoms with Crippen molar-refractivity contribution < 1.29 is 22.4 Å². The van der Waals surface area contributed by atoms with Crippen LogP contribution < -0.4 is 9.62 Å². The molecule has 0 spiro atoms. The molecule has 1 N–H and O–H groups in total. The van der Waals surface area contributed by atoms with Crippen molar-refractivity contribution in [2.75, 3.05) is 17.4 Å². The van der Waals surface area contributed by atoms with Crippen molar-refractivity contribution >= 4 is 50.7 Å². The second-order valence-electron chi connectivity index (χ2n) is 10.5. The number of hydrogen-bond donors (Lipinski definition) is 1. The molecule has 4 aromatic carbocycles. The molecule has 0 fully saturated rings. The van der Waals surface area contributed by atoms with Gasteiger partial charge in [0.1, 0.15) is 18.4 Å². The molecule has 4 aromatic rings. The van der Waals surface area contributed by atoms with Crippen molar-refractivity contribution in [1.29, 1.82) is 0 Å². The van der Waals surface area contributed by atoms with Gasteiger partial charge in [0.2, 0.25) is 11.8 Å². The van der Waals surface area contributed by atoms with Gasteiger partial charge in [-0.15, -0.1) is 0 Å². The number of aryl methyl sites for hydroxylation is 1. The Morgan fingerprint density at radius 1 is 0.889 bits per heavy atom. The van der Waals surface area contributed by atoms with E-state index in [0.717, 1.165) is 15.4 Å². The molecule has 11 heteroatoms. The predicted molar refractivity (Wildman–Crippen MR) is 176 cm³/mol. The van der Waals surface area contributed by atoms with E-state index in [1.165, 1.54) is 53.4 Å². The van der Waals surface area contributed by atoms with Gasteiger partial charge in [0, 0.05) is 25.1 Å². The van der Waals surface area contributed by atoms with E-state index < -0.39 is 40.2 Å². The average Bonchev–Trinajstić information content (AvgIpc) is 3.03. The zero-order valence-electron chi connectivity index (χ0n) is 24.9. The number of halogens is 3. The Hall–Kier alpha value is -3.92. The number of rotatable bonds is 13. The van der Waals surface area contributed by atoms with Gasteiger partial charge in [-0.05, 0) is 49.2 Å². The largest absolute Gasteiger partial charge is 0.354 e. The molecular weight excluding hydrogens is 636 g/mol. The molecule has 0 aliphatic heterocycles. The van der Waals surface area contributed by atoms with Crippen LogP contribution in [0.1, 0.15) is 30.0 Å². The van der Waals surface area contributed by atoms with Crippen molar-refractivity contribution in [1.82, 2.24) is 10.2 Å². The van der Waals surface area contributed by atoms with Crippen molar-refractivity contribution in [3.63, 3.8) is 0 Å². The van der Waals surface area contributed by atoms with Crippen LogP contribution in [-0.4, -0.2) is 44.3 Å². The Morgan fingerprint density at radius 3 is 2.22 bits per heavy atom. The summed E-state index contributed by atoms with van der Waals surface area (Å²) in [5.74, 6) is -1.75. The third kappa shape index (κ3) is 8.42. The average molecular weight is 671 g/mol. The summed E-state index contributed by atoms with van der Waals surface area (Å²) in [6.45, 7) is 3.05. The lowest BCUT2D eigenvalue weighted by molar-refractivity contribution is -0.140. The van der Waals surface area contributed by atoms with Crippen LogP contribution >= 0.6 is 23.2 Å². The standard InChI is InChI=1S/C34H34Cl2FN3O4S/c1-3-20-38-34(42)31(21-25-10-5-4-6-11-25)39(22-26-12-7-8-14-29(26)37)32(41)23-40(30-15-9-13-28(35)33(30)36)45(43,44)27-18-16-24(2)17-19-27/h4-19,31H,3,20-23H2,1-2H3,(H,38,42)/t31-/m0/s1. The first-order valence-electron chi connectivity index (χ1n) is 14.4. The maximum Gasteiger partial charge on any atom is 0.264 e. The van der Waals surface area contributed by atoms with Gasteiger partial charge < -0.3 is 10.2 Å². The molecule has 0 aliphatic rings. The van der Waals surface area contributed by atoms with Gasteiger partial charge >= 0.3 is 0 Å². The minimum atomic E-state index is -4.37. The number of hydrogen-bond acceptors (Lipinski definition) is 4. The van der Waals surface area contributed by atoms with E-state index in [1.54, 1.807) is 18.2 Å². The van der Waals surface area contributed by atoms with Gasteiger partial charge in [0.05, 0.1) is 20.6 Å². The molecule has 0 radical (unpaired) electrons. The Kier molecular flexibility index (Phi) is 11.6. The summed E-state index contributed by atoms with van der Waals surface area (Å²) < 4.78 is 44.1. The first kappa shape index (κ1) is 34.0. The normalized spacial score (nSPS) is 11.9. The van der Waals surface area contributed by atoms with E-state index in [1.807, 2.05) is 44.2 Å². The van der Waals surface area contributed by atoms with Gasteiger partial charge in [-0.3, -0.25) is 13.9 Å². The Bertz CT molecular complexity index is 1740. The van der Waals surface area contributed by atoms with Crippen molar-refractivity contribution in [3.8, 4) is 0 Å². The van der Waals surface area contributed by atoms with E-state index in [2.05, 4.69) is 5.32 Å². The van der Waals surface area contributed by atoms with Gasteiger partial charge in [0.25, 0.3) is 10.0 Å². The first-order chi connectivity index (χ1) is 21.5. The predicted octanol–water partition coefficient (Wildman–Crippen LogP) is 6.80. The number of carbonyl (C=O) groups is 2. The van der Waals surface area contributed by atoms with Crippen LogP contribution in [0, 0.1) is 12.7 Å². The summed E-state index contributed by atoms with van der Waals surface area (Å²) in [7, 11) is -4.37. The zero-order valence-corrected chi connectivity index (χ0v) is 27.2. The zero-order chi connectivity index (χ0) is 32.6. The summed E-state index contributed by atoms with van der Waals surface area (Å²) in [5, 5.41) is 2.88. The molecule has 0 bridgehead atoms. The Morgan fingerprint density at radius 2 is 1.56 bits per heavy atom. The number of carbonyl (C=O) groups excluding carboxylic acids is 2. The summed E-state index contributed by atoms with van der Waals surface area (Å²) in [6, 6.07) is 24.6. The number of anilines is 1. The third-order valence-electron chi connectivity index (χ3n) is 7.21. The van der Waals surface area contributed by atoms with E-state index in [0.29, 0.717) is 13.0 Å². The summed E-state index contributed by atoms with van der Waals surface area (Å²) in [4.78, 5) is 29.2. The summed E-state index contributed by atoms with van der Waals surface area (Å²) in [6.07, 6.45) is 0.764. The second-order valence-corrected chi connectivity index (χ2v) is 13.2.